The molecule has 1 aromatic carbocycles. The maximum Gasteiger partial charge on any atom is 0.286 e. The van der Waals surface area contributed by atoms with Crippen LogP contribution in [0.1, 0.15) is 88.3 Å². The number of carbonyl (C=O) groups excluding carboxylic acids is 2. The first kappa shape index (κ1) is 21.9. The van der Waals surface area contributed by atoms with Gasteiger partial charge in [-0.05, 0) is 62.0 Å². The third kappa shape index (κ3) is 5.47. The molecule has 2 aliphatic carbocycles. The average Bonchev–Trinajstić information content (AvgIpc) is 3.09. The Labute approximate surface area is 185 Å². The third-order valence-corrected chi connectivity index (χ3v) is 8.40. The molecule has 1 saturated heterocycles. The van der Waals surface area contributed by atoms with E-state index in [9.17, 15) is 9.59 Å². The van der Waals surface area contributed by atoms with Crippen LogP contribution in [0.2, 0.25) is 0 Å². The van der Waals surface area contributed by atoms with E-state index in [0.717, 1.165) is 23.2 Å². The number of carbonyl (C=O) groups is 2. The molecule has 0 bridgehead atoms. The van der Waals surface area contributed by atoms with E-state index in [0.29, 0.717) is 24.4 Å². The van der Waals surface area contributed by atoms with Crippen molar-refractivity contribution >= 4 is 22.9 Å². The van der Waals surface area contributed by atoms with E-state index in [1.807, 2.05) is 0 Å². The molecule has 1 aromatic rings. The summed E-state index contributed by atoms with van der Waals surface area (Å²) in [5.74, 6) is 1.33. The summed E-state index contributed by atoms with van der Waals surface area (Å²) in [6.45, 7) is 2.39. The van der Waals surface area contributed by atoms with E-state index < -0.39 is 0 Å². The topological polar surface area (TPSA) is 58.2 Å². The van der Waals surface area contributed by atoms with Gasteiger partial charge in [0.05, 0.1) is 5.25 Å². The summed E-state index contributed by atoms with van der Waals surface area (Å²) >= 11 is 1.13. The highest BCUT2D eigenvalue weighted by Crippen LogP contribution is 2.37. The van der Waals surface area contributed by atoms with Crippen LogP contribution in [-0.4, -0.2) is 22.4 Å². The lowest BCUT2D eigenvalue weighted by molar-refractivity contribution is -0.118. The molecule has 4 rings (SSSR count). The summed E-state index contributed by atoms with van der Waals surface area (Å²) in [7, 11) is 0. The minimum Gasteiger partial charge on any atom is -0.307 e. The number of hydrogen-bond acceptors (Lipinski definition) is 4. The summed E-state index contributed by atoms with van der Waals surface area (Å²) in [4.78, 5) is 23.5. The van der Waals surface area contributed by atoms with Crippen LogP contribution < -0.4 is 10.6 Å². The molecule has 4 nitrogen and oxygen atoms in total. The lowest BCUT2D eigenvalue weighted by atomic mass is 9.79. The number of imide groups is 1. The first-order valence-corrected chi connectivity index (χ1v) is 12.8. The molecule has 164 valence electrons. The number of benzene rings is 1. The van der Waals surface area contributed by atoms with Gasteiger partial charge in [-0.2, -0.15) is 0 Å². The van der Waals surface area contributed by atoms with Crippen molar-refractivity contribution in [2.24, 2.45) is 11.8 Å². The average molecular weight is 429 g/mol. The van der Waals surface area contributed by atoms with Gasteiger partial charge >= 0.3 is 0 Å². The normalized spacial score (nSPS) is 25.8. The molecule has 2 saturated carbocycles. The minimum absolute atomic E-state index is 0.150. The largest absolute Gasteiger partial charge is 0.307 e. The number of rotatable bonds is 7. The zero-order valence-corrected chi connectivity index (χ0v) is 19.0. The summed E-state index contributed by atoms with van der Waals surface area (Å²) in [5.41, 5.74) is 2.51. The lowest BCUT2D eigenvalue weighted by Gasteiger charge is -2.37. The molecule has 2 unspecified atom stereocenters. The standard InChI is InChI=1S/C25H36N2O2S/c1-17(19-10-4-2-5-11-19)26-23(20-12-6-3-7-13-20)21-14-8-9-18(15-21)16-22-24(28)27-25(29)30-22/h8-9,14-15,17,19-20,22-23,26H,2-7,10-13,16H2,1H3,(H,27,28,29)/t17-,22?,23?/m1/s1. The molecule has 0 aromatic heterocycles. The third-order valence-electron chi connectivity index (χ3n) is 7.42. The van der Waals surface area contributed by atoms with E-state index in [1.54, 1.807) is 0 Å². The summed E-state index contributed by atoms with van der Waals surface area (Å²) < 4.78 is 0. The molecular formula is C25H36N2O2S. The van der Waals surface area contributed by atoms with Gasteiger partial charge in [-0.3, -0.25) is 14.9 Å². The fourth-order valence-electron chi connectivity index (χ4n) is 5.68. The van der Waals surface area contributed by atoms with Crippen LogP contribution in [0.4, 0.5) is 4.79 Å². The summed E-state index contributed by atoms with van der Waals surface area (Å²) in [5, 5.41) is 5.97. The van der Waals surface area contributed by atoms with Gasteiger partial charge < -0.3 is 5.32 Å². The second-order valence-electron chi connectivity index (χ2n) is 9.56. The van der Waals surface area contributed by atoms with Crippen molar-refractivity contribution in [2.75, 3.05) is 0 Å². The Hall–Kier alpha value is -1.33. The zero-order valence-electron chi connectivity index (χ0n) is 18.2. The van der Waals surface area contributed by atoms with Crippen LogP contribution in [-0.2, 0) is 11.2 Å². The smallest absolute Gasteiger partial charge is 0.286 e. The van der Waals surface area contributed by atoms with Crippen LogP contribution in [0.3, 0.4) is 0 Å². The predicted molar refractivity (Wildman–Crippen MR) is 124 cm³/mol. The Morgan fingerprint density at radius 3 is 2.30 bits per heavy atom. The Morgan fingerprint density at radius 2 is 1.67 bits per heavy atom. The van der Waals surface area contributed by atoms with Crippen molar-refractivity contribution in [3.05, 3.63) is 35.4 Å². The van der Waals surface area contributed by atoms with Gasteiger partial charge in [-0.15, -0.1) is 0 Å². The molecule has 2 N–H and O–H groups in total. The number of amides is 2. The fraction of sp³-hybridized carbons (Fsp3) is 0.680. The maximum atomic E-state index is 12.0. The van der Waals surface area contributed by atoms with Crippen molar-refractivity contribution in [3.63, 3.8) is 0 Å². The van der Waals surface area contributed by atoms with E-state index in [2.05, 4.69) is 41.8 Å². The highest BCUT2D eigenvalue weighted by Gasteiger charge is 2.32. The van der Waals surface area contributed by atoms with Crippen LogP contribution in [0.15, 0.2) is 24.3 Å². The molecule has 0 spiro atoms. The van der Waals surface area contributed by atoms with Gasteiger partial charge in [0.25, 0.3) is 5.24 Å². The fourth-order valence-corrected chi connectivity index (χ4v) is 6.54. The van der Waals surface area contributed by atoms with Crippen molar-refractivity contribution in [1.29, 1.82) is 0 Å². The Bertz CT molecular complexity index is 740. The Kier molecular flexibility index (Phi) is 7.53. The maximum absolute atomic E-state index is 12.0. The lowest BCUT2D eigenvalue weighted by Crippen LogP contribution is -2.40. The first-order chi connectivity index (χ1) is 14.6. The van der Waals surface area contributed by atoms with E-state index in [-0.39, 0.29) is 16.4 Å². The molecule has 1 aliphatic heterocycles. The van der Waals surface area contributed by atoms with Crippen LogP contribution >= 0.6 is 11.8 Å². The van der Waals surface area contributed by atoms with E-state index in [1.165, 1.54) is 69.8 Å². The second-order valence-corrected chi connectivity index (χ2v) is 10.7. The second kappa shape index (κ2) is 10.3. The van der Waals surface area contributed by atoms with Gasteiger partial charge in [-0.25, -0.2) is 0 Å². The molecule has 2 amide bonds. The van der Waals surface area contributed by atoms with Gasteiger partial charge in [0, 0.05) is 12.1 Å². The number of hydrogen-bond donors (Lipinski definition) is 2. The summed E-state index contributed by atoms with van der Waals surface area (Å²) in [6, 6.07) is 9.70. The van der Waals surface area contributed by atoms with Crippen LogP contribution in [0, 0.1) is 11.8 Å². The molecule has 3 atom stereocenters. The van der Waals surface area contributed by atoms with Gasteiger partial charge in [0.1, 0.15) is 0 Å². The van der Waals surface area contributed by atoms with E-state index in [4.69, 9.17) is 0 Å². The molecular weight excluding hydrogens is 392 g/mol. The van der Waals surface area contributed by atoms with Gasteiger partial charge in [0.15, 0.2) is 0 Å². The first-order valence-electron chi connectivity index (χ1n) is 12.0. The zero-order chi connectivity index (χ0) is 20.9. The van der Waals surface area contributed by atoms with Crippen LogP contribution in [0.25, 0.3) is 0 Å². The highest BCUT2D eigenvalue weighted by molar-refractivity contribution is 8.15. The molecule has 5 heteroatoms. The number of nitrogens with one attached hydrogen (secondary N) is 2. The summed E-state index contributed by atoms with van der Waals surface area (Å²) in [6.07, 6.45) is 14.1. The van der Waals surface area contributed by atoms with Crippen molar-refractivity contribution < 1.29 is 9.59 Å². The number of thioether (sulfide) groups is 1. The minimum atomic E-state index is -0.296. The van der Waals surface area contributed by atoms with Gasteiger partial charge in [-0.1, -0.05) is 74.6 Å². The molecule has 3 fully saturated rings. The van der Waals surface area contributed by atoms with Crippen LogP contribution in [0.5, 0.6) is 0 Å². The molecule has 30 heavy (non-hydrogen) atoms. The van der Waals surface area contributed by atoms with E-state index >= 15 is 0 Å². The molecule has 0 radical (unpaired) electrons. The van der Waals surface area contributed by atoms with Crippen molar-refractivity contribution in [1.82, 2.24) is 10.6 Å². The molecule has 3 aliphatic rings. The quantitative estimate of drug-likeness (QED) is 0.580. The molecule has 1 heterocycles. The monoisotopic (exact) mass is 428 g/mol. The van der Waals surface area contributed by atoms with Gasteiger partial charge in [0.2, 0.25) is 5.91 Å². The Balaban J connectivity index is 1.50. The predicted octanol–water partition coefficient (Wildman–Crippen LogP) is 5.76. The SMILES string of the molecule is C[C@@H](NC(c1cccc(CC2SC(=O)NC2=O)c1)C1CCCCC1)C1CCCCC1. The highest BCUT2D eigenvalue weighted by atomic mass is 32.2. The van der Waals surface area contributed by atoms with Crippen molar-refractivity contribution in [3.8, 4) is 0 Å². The Morgan fingerprint density at radius 1 is 1.00 bits per heavy atom. The van der Waals surface area contributed by atoms with Crippen molar-refractivity contribution in [2.45, 2.75) is 94.9 Å².